The number of carbonyl (C=O) groups is 2. The second-order valence-corrected chi connectivity index (χ2v) is 5.69. The minimum atomic E-state index is -3.90. The summed E-state index contributed by atoms with van der Waals surface area (Å²) in [5.74, 6) is -2.58. The maximum Gasteiger partial charge on any atom is 0.320 e. The van der Waals surface area contributed by atoms with Gasteiger partial charge in [0.15, 0.2) is 0 Å². The number of hydrogen-bond acceptors (Lipinski definition) is 5. The summed E-state index contributed by atoms with van der Waals surface area (Å²) >= 11 is 0. The molecule has 0 aliphatic carbocycles. The Balaban J connectivity index is 2.60. The normalized spacial score (nSPS) is 12.7. The van der Waals surface area contributed by atoms with Gasteiger partial charge in [0, 0.05) is 5.56 Å². The van der Waals surface area contributed by atoms with Crippen LogP contribution in [0, 0.1) is 0 Å². The third-order valence-electron chi connectivity index (χ3n) is 2.30. The summed E-state index contributed by atoms with van der Waals surface area (Å²) in [6.07, 6.45) is -0.271. The monoisotopic (exact) mass is 286 g/mol. The van der Waals surface area contributed by atoms with E-state index >= 15 is 0 Å². The first kappa shape index (κ1) is 15.1. The van der Waals surface area contributed by atoms with Gasteiger partial charge in [0.2, 0.25) is 10.0 Å². The summed E-state index contributed by atoms with van der Waals surface area (Å²) in [4.78, 5) is 22.1. The zero-order valence-electron chi connectivity index (χ0n) is 9.94. The Bertz CT molecular complexity index is 556. The van der Waals surface area contributed by atoms with Crippen LogP contribution in [0.1, 0.15) is 16.8 Å². The van der Waals surface area contributed by atoms with Crippen molar-refractivity contribution in [3.63, 3.8) is 0 Å². The van der Waals surface area contributed by atoms with Gasteiger partial charge in [0.1, 0.15) is 6.04 Å². The molecule has 1 atom stereocenters. The number of carboxylic acids is 1. The fourth-order valence-corrected chi connectivity index (χ4v) is 2.31. The summed E-state index contributed by atoms with van der Waals surface area (Å²) in [5, 5.41) is 8.53. The Kier molecular flexibility index (Phi) is 5.02. The topological polar surface area (TPSA) is 127 Å². The molecule has 0 spiro atoms. The number of carboxylic acid groups (broad SMARTS) is 1. The second kappa shape index (κ2) is 6.30. The minimum absolute atomic E-state index is 0.202. The van der Waals surface area contributed by atoms with E-state index in [-0.39, 0.29) is 12.0 Å². The molecule has 104 valence electrons. The lowest BCUT2D eigenvalue weighted by molar-refractivity contribution is -0.138. The van der Waals surface area contributed by atoms with Crippen LogP contribution in [0.5, 0.6) is 0 Å². The van der Waals surface area contributed by atoms with Gasteiger partial charge in [0.05, 0.1) is 5.75 Å². The molecular weight excluding hydrogens is 272 g/mol. The van der Waals surface area contributed by atoms with Crippen LogP contribution in [-0.4, -0.2) is 37.2 Å². The smallest absolute Gasteiger partial charge is 0.320 e. The van der Waals surface area contributed by atoms with Gasteiger partial charge in [-0.05, 0) is 18.6 Å². The van der Waals surface area contributed by atoms with Gasteiger partial charge in [-0.2, -0.15) is 0 Å². The van der Waals surface area contributed by atoms with E-state index in [2.05, 4.69) is 0 Å². The third-order valence-corrected chi connectivity index (χ3v) is 3.57. The molecule has 0 aliphatic rings. The maximum absolute atomic E-state index is 11.6. The molecule has 0 saturated heterocycles. The predicted molar refractivity (Wildman–Crippen MR) is 67.9 cm³/mol. The molecule has 8 heteroatoms. The fraction of sp³-hybridized carbons (Fsp3) is 0.273. The summed E-state index contributed by atoms with van der Waals surface area (Å²) < 4.78 is 25.0. The highest BCUT2D eigenvalue weighted by Crippen LogP contribution is 2.01. The number of nitrogens with one attached hydrogen (secondary N) is 1. The first-order valence-corrected chi connectivity index (χ1v) is 7.05. The van der Waals surface area contributed by atoms with Gasteiger partial charge in [-0.3, -0.25) is 9.59 Å². The van der Waals surface area contributed by atoms with E-state index in [0.717, 1.165) is 0 Å². The molecule has 1 amide bonds. The highest BCUT2D eigenvalue weighted by molar-refractivity contribution is 7.90. The molecule has 1 aromatic rings. The van der Waals surface area contributed by atoms with E-state index in [1.165, 1.54) is 12.1 Å². The Hall–Kier alpha value is -1.93. The van der Waals surface area contributed by atoms with Gasteiger partial charge in [-0.25, -0.2) is 13.1 Å². The molecule has 0 aromatic heterocycles. The first-order chi connectivity index (χ1) is 8.82. The van der Waals surface area contributed by atoms with E-state index < -0.39 is 33.7 Å². The first-order valence-electron chi connectivity index (χ1n) is 5.40. The molecule has 4 N–H and O–H groups in total. The van der Waals surface area contributed by atoms with Crippen molar-refractivity contribution in [3.8, 4) is 0 Å². The molecule has 0 bridgehead atoms. The Morgan fingerprint density at radius 1 is 1.26 bits per heavy atom. The van der Waals surface area contributed by atoms with Crippen LogP contribution < -0.4 is 10.5 Å². The van der Waals surface area contributed by atoms with Crippen LogP contribution in [0.3, 0.4) is 0 Å². The van der Waals surface area contributed by atoms with Crippen LogP contribution in [0.15, 0.2) is 30.3 Å². The fourth-order valence-electron chi connectivity index (χ4n) is 1.25. The van der Waals surface area contributed by atoms with Crippen LogP contribution in [-0.2, 0) is 14.8 Å². The van der Waals surface area contributed by atoms with Crippen molar-refractivity contribution in [2.75, 3.05) is 5.75 Å². The molecule has 0 aliphatic heterocycles. The summed E-state index contributed by atoms with van der Waals surface area (Å²) in [7, 11) is -3.90. The Morgan fingerprint density at radius 3 is 2.37 bits per heavy atom. The minimum Gasteiger partial charge on any atom is -0.480 e. The van der Waals surface area contributed by atoms with Gasteiger partial charge in [0.25, 0.3) is 5.91 Å². The predicted octanol–water partition coefficient (Wildman–Crippen LogP) is -0.452. The highest BCUT2D eigenvalue weighted by atomic mass is 32.2. The molecule has 1 rings (SSSR count). The maximum atomic E-state index is 11.6. The lowest BCUT2D eigenvalue weighted by Crippen LogP contribution is -2.37. The third kappa shape index (κ3) is 5.06. The van der Waals surface area contributed by atoms with Crippen LogP contribution in [0.4, 0.5) is 0 Å². The number of amides is 1. The Morgan fingerprint density at radius 2 is 1.84 bits per heavy atom. The van der Waals surface area contributed by atoms with Gasteiger partial charge < -0.3 is 10.8 Å². The number of rotatable bonds is 6. The van der Waals surface area contributed by atoms with Gasteiger partial charge in [-0.15, -0.1) is 0 Å². The molecule has 19 heavy (non-hydrogen) atoms. The zero-order valence-corrected chi connectivity index (χ0v) is 10.8. The van der Waals surface area contributed by atoms with E-state index in [1.807, 2.05) is 4.72 Å². The Labute approximate surface area is 110 Å². The number of hydrogen-bond donors (Lipinski definition) is 3. The van der Waals surface area contributed by atoms with Crippen LogP contribution >= 0.6 is 0 Å². The molecule has 7 nitrogen and oxygen atoms in total. The molecule has 0 saturated carbocycles. The molecule has 0 fully saturated rings. The standard InChI is InChI=1S/C11H14N2O5S/c12-9(11(15)16)6-7-19(17,18)13-10(14)8-4-2-1-3-5-8/h1-5,9H,6-7,12H2,(H,13,14)(H,15,16). The second-order valence-electron chi connectivity index (χ2n) is 3.85. The van der Waals surface area contributed by atoms with E-state index in [4.69, 9.17) is 10.8 Å². The molecular formula is C11H14N2O5S. The number of nitrogens with two attached hydrogens (primary N) is 1. The van der Waals surface area contributed by atoms with E-state index in [9.17, 15) is 18.0 Å². The van der Waals surface area contributed by atoms with Crippen molar-refractivity contribution in [2.24, 2.45) is 5.73 Å². The summed E-state index contributed by atoms with van der Waals surface area (Å²) in [5.41, 5.74) is 5.39. The lowest BCUT2D eigenvalue weighted by atomic mass is 10.2. The van der Waals surface area contributed by atoms with E-state index in [0.29, 0.717) is 0 Å². The van der Waals surface area contributed by atoms with Gasteiger partial charge in [-0.1, -0.05) is 18.2 Å². The highest BCUT2D eigenvalue weighted by Gasteiger charge is 2.19. The quantitative estimate of drug-likeness (QED) is 0.650. The number of carbonyl (C=O) groups excluding carboxylic acids is 1. The molecule has 1 unspecified atom stereocenters. The van der Waals surface area contributed by atoms with Crippen LogP contribution in [0.2, 0.25) is 0 Å². The van der Waals surface area contributed by atoms with Crippen molar-refractivity contribution in [2.45, 2.75) is 12.5 Å². The largest absolute Gasteiger partial charge is 0.480 e. The molecule has 0 heterocycles. The molecule has 1 aromatic carbocycles. The van der Waals surface area contributed by atoms with Crippen LogP contribution in [0.25, 0.3) is 0 Å². The van der Waals surface area contributed by atoms with Crippen molar-refractivity contribution in [1.82, 2.24) is 4.72 Å². The van der Waals surface area contributed by atoms with Crippen molar-refractivity contribution < 1.29 is 23.1 Å². The van der Waals surface area contributed by atoms with Crippen molar-refractivity contribution in [1.29, 1.82) is 0 Å². The van der Waals surface area contributed by atoms with Crippen molar-refractivity contribution in [3.05, 3.63) is 35.9 Å². The number of benzene rings is 1. The summed E-state index contributed by atoms with van der Waals surface area (Å²) in [6, 6.07) is 6.55. The average molecular weight is 286 g/mol. The zero-order chi connectivity index (χ0) is 14.5. The van der Waals surface area contributed by atoms with Crippen molar-refractivity contribution >= 4 is 21.9 Å². The average Bonchev–Trinajstić information content (AvgIpc) is 2.36. The summed E-state index contributed by atoms with van der Waals surface area (Å²) in [6.45, 7) is 0. The number of sulfonamides is 1. The lowest BCUT2D eigenvalue weighted by Gasteiger charge is -2.08. The SMILES string of the molecule is NC(CCS(=O)(=O)NC(=O)c1ccccc1)C(=O)O. The molecule has 0 radical (unpaired) electrons. The van der Waals surface area contributed by atoms with Gasteiger partial charge >= 0.3 is 5.97 Å². The van der Waals surface area contributed by atoms with E-state index in [1.54, 1.807) is 18.2 Å². The number of aliphatic carboxylic acids is 1.